The first-order valence-electron chi connectivity index (χ1n) is 12.2. The number of hydrogen-bond donors (Lipinski definition) is 2. The van der Waals surface area contributed by atoms with E-state index in [9.17, 15) is 14.4 Å². The molecule has 0 aliphatic rings. The Kier molecular flexibility index (Phi) is 8.87. The second-order valence-electron chi connectivity index (χ2n) is 8.26. The molecule has 9 heteroatoms. The largest absolute Gasteiger partial charge is 0.494 e. The maximum absolute atomic E-state index is 12.6. The number of rotatable bonds is 10. The summed E-state index contributed by atoms with van der Waals surface area (Å²) in [5.74, 6) is -0.190. The molecule has 0 radical (unpaired) electrons. The third kappa shape index (κ3) is 6.98. The summed E-state index contributed by atoms with van der Waals surface area (Å²) >= 11 is 0. The van der Waals surface area contributed by atoms with Crippen molar-refractivity contribution in [3.63, 3.8) is 0 Å². The van der Waals surface area contributed by atoms with Crippen molar-refractivity contribution < 1.29 is 28.6 Å². The maximum Gasteiger partial charge on any atom is 0.343 e. The number of hydrogen-bond acceptors (Lipinski definition) is 7. The predicted molar refractivity (Wildman–Crippen MR) is 148 cm³/mol. The van der Waals surface area contributed by atoms with Crippen LogP contribution in [0.3, 0.4) is 0 Å². The third-order valence-electron chi connectivity index (χ3n) is 5.64. The average molecular weight is 526 g/mol. The summed E-state index contributed by atoms with van der Waals surface area (Å²) in [5.41, 5.74) is 3.81. The van der Waals surface area contributed by atoms with Gasteiger partial charge < -0.3 is 19.5 Å². The minimum Gasteiger partial charge on any atom is -0.494 e. The van der Waals surface area contributed by atoms with Crippen molar-refractivity contribution in [2.75, 3.05) is 20.3 Å². The molecule has 0 atom stereocenters. The van der Waals surface area contributed by atoms with Gasteiger partial charge in [0.1, 0.15) is 5.75 Å². The van der Waals surface area contributed by atoms with Crippen LogP contribution >= 0.6 is 0 Å². The quantitative estimate of drug-likeness (QED) is 0.138. The lowest BCUT2D eigenvalue weighted by atomic mass is 10.0. The van der Waals surface area contributed by atoms with Crippen molar-refractivity contribution in [1.82, 2.24) is 10.7 Å². The number of carbonyl (C=O) groups excluding carboxylic acids is 3. The van der Waals surface area contributed by atoms with Crippen LogP contribution in [0.2, 0.25) is 0 Å². The van der Waals surface area contributed by atoms with E-state index in [0.717, 1.165) is 10.8 Å². The zero-order valence-electron chi connectivity index (χ0n) is 21.5. The molecular weight excluding hydrogens is 498 g/mol. The fraction of sp³-hybridized carbons (Fsp3) is 0.133. The Balaban J connectivity index is 1.31. The van der Waals surface area contributed by atoms with Crippen molar-refractivity contribution in [2.45, 2.75) is 6.92 Å². The van der Waals surface area contributed by atoms with Gasteiger partial charge in [0, 0.05) is 5.56 Å². The Morgan fingerprint density at radius 1 is 0.897 bits per heavy atom. The molecule has 9 nitrogen and oxygen atoms in total. The van der Waals surface area contributed by atoms with E-state index in [1.807, 2.05) is 37.3 Å². The van der Waals surface area contributed by atoms with Crippen molar-refractivity contribution in [2.24, 2.45) is 5.10 Å². The number of nitrogens with zero attached hydrogens (tertiary/aromatic N) is 1. The molecule has 0 unspecified atom stereocenters. The summed E-state index contributed by atoms with van der Waals surface area (Å²) < 4.78 is 16.2. The Morgan fingerprint density at radius 3 is 2.44 bits per heavy atom. The number of carbonyl (C=O) groups is 3. The molecule has 4 aromatic rings. The molecule has 0 saturated carbocycles. The molecular formula is C30H27N3O6. The molecule has 0 heterocycles. The van der Waals surface area contributed by atoms with Crippen molar-refractivity contribution in [1.29, 1.82) is 0 Å². The molecule has 0 spiro atoms. The van der Waals surface area contributed by atoms with Crippen LogP contribution in [-0.4, -0.2) is 44.3 Å². The summed E-state index contributed by atoms with van der Waals surface area (Å²) in [5, 5.41) is 8.27. The summed E-state index contributed by atoms with van der Waals surface area (Å²) in [6.45, 7) is 2.16. The zero-order valence-corrected chi connectivity index (χ0v) is 21.5. The van der Waals surface area contributed by atoms with Gasteiger partial charge in [0.2, 0.25) is 0 Å². The number of nitrogens with one attached hydrogen (secondary N) is 2. The number of benzene rings is 4. The molecule has 4 aromatic carbocycles. The Hall–Kier alpha value is -5.18. The first-order valence-corrected chi connectivity index (χ1v) is 12.2. The maximum atomic E-state index is 12.6. The van der Waals surface area contributed by atoms with Gasteiger partial charge in [0.15, 0.2) is 11.5 Å². The van der Waals surface area contributed by atoms with Gasteiger partial charge in [0.25, 0.3) is 11.8 Å². The van der Waals surface area contributed by atoms with Gasteiger partial charge in [0.05, 0.1) is 32.0 Å². The molecule has 2 N–H and O–H groups in total. The fourth-order valence-corrected chi connectivity index (χ4v) is 3.76. The summed E-state index contributed by atoms with van der Waals surface area (Å²) in [6, 6.07) is 24.4. The van der Waals surface area contributed by atoms with E-state index in [0.29, 0.717) is 34.8 Å². The fourth-order valence-electron chi connectivity index (χ4n) is 3.76. The van der Waals surface area contributed by atoms with E-state index >= 15 is 0 Å². The molecule has 0 aromatic heterocycles. The lowest BCUT2D eigenvalue weighted by Gasteiger charge is -2.10. The lowest BCUT2D eigenvalue weighted by molar-refractivity contribution is -0.120. The van der Waals surface area contributed by atoms with Crippen LogP contribution in [0.4, 0.5) is 0 Å². The van der Waals surface area contributed by atoms with E-state index < -0.39 is 11.9 Å². The van der Waals surface area contributed by atoms with Crippen molar-refractivity contribution in [3.05, 3.63) is 102 Å². The second-order valence-corrected chi connectivity index (χ2v) is 8.26. The van der Waals surface area contributed by atoms with E-state index in [1.165, 1.54) is 13.3 Å². The van der Waals surface area contributed by atoms with Gasteiger partial charge in [-0.05, 0) is 71.8 Å². The normalized spacial score (nSPS) is 10.7. The minimum absolute atomic E-state index is 0.230. The molecule has 2 amide bonds. The van der Waals surface area contributed by atoms with E-state index in [1.54, 1.807) is 54.6 Å². The Bertz CT molecular complexity index is 1510. The number of hydrazone groups is 1. The van der Waals surface area contributed by atoms with Crippen LogP contribution in [0.15, 0.2) is 90.0 Å². The molecule has 0 bridgehead atoms. The smallest absolute Gasteiger partial charge is 0.343 e. The minimum atomic E-state index is -0.546. The van der Waals surface area contributed by atoms with Gasteiger partial charge in [-0.25, -0.2) is 10.2 Å². The van der Waals surface area contributed by atoms with Gasteiger partial charge in [-0.2, -0.15) is 5.10 Å². The number of amides is 2. The molecule has 0 saturated heterocycles. The highest BCUT2D eigenvalue weighted by atomic mass is 16.6. The van der Waals surface area contributed by atoms with Gasteiger partial charge in [-0.3, -0.25) is 9.59 Å². The first-order chi connectivity index (χ1) is 19.0. The first kappa shape index (κ1) is 26.9. The summed E-state index contributed by atoms with van der Waals surface area (Å²) in [6.07, 6.45) is 1.41. The number of methoxy groups -OCH3 is 1. The van der Waals surface area contributed by atoms with Crippen molar-refractivity contribution >= 4 is 34.8 Å². The van der Waals surface area contributed by atoms with Crippen LogP contribution in [0.1, 0.15) is 33.2 Å². The van der Waals surface area contributed by atoms with Crippen LogP contribution in [0.25, 0.3) is 10.8 Å². The predicted octanol–water partition coefficient (Wildman–Crippen LogP) is 4.35. The van der Waals surface area contributed by atoms with Crippen LogP contribution < -0.4 is 25.0 Å². The zero-order chi connectivity index (χ0) is 27.6. The molecule has 198 valence electrons. The van der Waals surface area contributed by atoms with E-state index in [2.05, 4.69) is 15.8 Å². The second kappa shape index (κ2) is 12.9. The number of ether oxygens (including phenoxy) is 3. The van der Waals surface area contributed by atoms with Crippen LogP contribution in [0, 0.1) is 0 Å². The SMILES string of the molecule is CCOc1ccc(C(=O)Oc2ccc(/C=N/NC(=O)CNC(=O)c3cccc4ccccc34)cc2OC)cc1. The highest BCUT2D eigenvalue weighted by Gasteiger charge is 2.14. The standard InChI is InChI=1S/C30H27N3O6/c1-3-38-23-14-12-22(13-15-23)30(36)39-26-16-11-20(17-27(26)37-2)18-32-33-28(34)19-31-29(35)25-10-6-8-21-7-4-5-9-24(21)25/h4-18H,3,19H2,1-2H3,(H,31,35)(H,33,34)/b32-18+. The highest BCUT2D eigenvalue weighted by Crippen LogP contribution is 2.28. The van der Waals surface area contributed by atoms with E-state index in [-0.39, 0.29) is 18.2 Å². The molecule has 4 rings (SSSR count). The number of fused-ring (bicyclic) bond motifs is 1. The Labute approximate surface area is 225 Å². The Morgan fingerprint density at radius 2 is 1.67 bits per heavy atom. The lowest BCUT2D eigenvalue weighted by Crippen LogP contribution is -2.35. The average Bonchev–Trinajstić information content (AvgIpc) is 2.96. The molecule has 0 aliphatic heterocycles. The third-order valence-corrected chi connectivity index (χ3v) is 5.64. The monoisotopic (exact) mass is 525 g/mol. The van der Waals surface area contributed by atoms with E-state index in [4.69, 9.17) is 14.2 Å². The topological polar surface area (TPSA) is 115 Å². The van der Waals surface area contributed by atoms with Gasteiger partial charge >= 0.3 is 5.97 Å². The number of esters is 1. The van der Waals surface area contributed by atoms with Crippen molar-refractivity contribution in [3.8, 4) is 17.2 Å². The molecule has 39 heavy (non-hydrogen) atoms. The summed E-state index contributed by atoms with van der Waals surface area (Å²) in [7, 11) is 1.45. The summed E-state index contributed by atoms with van der Waals surface area (Å²) in [4.78, 5) is 37.3. The van der Waals surface area contributed by atoms with Crippen LogP contribution in [0.5, 0.6) is 17.2 Å². The van der Waals surface area contributed by atoms with Gasteiger partial charge in [-0.15, -0.1) is 0 Å². The highest BCUT2D eigenvalue weighted by molar-refractivity contribution is 6.07. The molecule has 0 aliphatic carbocycles. The van der Waals surface area contributed by atoms with Crippen LogP contribution in [-0.2, 0) is 4.79 Å². The van der Waals surface area contributed by atoms with Gasteiger partial charge in [-0.1, -0.05) is 36.4 Å². The molecule has 0 fully saturated rings.